The molecule has 200 valence electrons. The molecule has 2 aromatic carbocycles. The zero-order valence-electron chi connectivity index (χ0n) is 20.2. The van der Waals surface area contributed by atoms with E-state index in [-0.39, 0.29) is 62.8 Å². The minimum Gasteiger partial charge on any atom is -0.447 e. The van der Waals surface area contributed by atoms with Gasteiger partial charge in [-0.3, -0.25) is 14.9 Å². The van der Waals surface area contributed by atoms with Crippen LogP contribution in [0.3, 0.4) is 0 Å². The van der Waals surface area contributed by atoms with E-state index in [1.165, 1.54) is 24.0 Å². The van der Waals surface area contributed by atoms with Crippen LogP contribution in [0.5, 0.6) is 0 Å². The quantitative estimate of drug-likeness (QED) is 0.488. The summed E-state index contributed by atoms with van der Waals surface area (Å²) in [7, 11) is 0. The monoisotopic (exact) mass is 540 g/mol. The molecule has 3 N–H and O–H groups in total. The molecule has 0 atom stereocenters. The number of alkyl halides is 3. The first-order valence-electron chi connectivity index (χ1n) is 11.5. The number of carbonyl (C=O) groups is 3. The molecule has 1 saturated heterocycles. The number of nitrogens with one attached hydrogen (secondary N) is 1. The van der Waals surface area contributed by atoms with Gasteiger partial charge in [-0.05, 0) is 49.1 Å². The van der Waals surface area contributed by atoms with Crippen LogP contribution in [0, 0.1) is 6.92 Å². The maximum atomic E-state index is 13.2. The third-order valence-corrected chi connectivity index (χ3v) is 6.89. The Morgan fingerprint density at radius 3 is 2.49 bits per heavy atom. The molecule has 1 aliphatic heterocycles. The van der Waals surface area contributed by atoms with Crippen molar-refractivity contribution in [2.24, 2.45) is 5.73 Å². The Morgan fingerprint density at radius 1 is 1.22 bits per heavy atom. The van der Waals surface area contributed by atoms with Gasteiger partial charge in [-0.2, -0.15) is 13.2 Å². The van der Waals surface area contributed by atoms with Gasteiger partial charge in [0.1, 0.15) is 6.61 Å². The van der Waals surface area contributed by atoms with Crippen LogP contribution in [0.4, 0.5) is 23.7 Å². The lowest BCUT2D eigenvalue weighted by Crippen LogP contribution is -2.59. The number of ether oxygens (including phenoxy) is 1. The van der Waals surface area contributed by atoms with Crippen molar-refractivity contribution in [2.45, 2.75) is 38.0 Å². The van der Waals surface area contributed by atoms with Crippen molar-refractivity contribution in [1.29, 1.82) is 0 Å². The molecular weight excluding hydrogens is 513 g/mol. The number of rotatable bonds is 8. The summed E-state index contributed by atoms with van der Waals surface area (Å²) in [4.78, 5) is 39.9. The molecule has 3 amide bonds. The number of hydrogen-bond donors (Lipinski definition) is 2. The lowest BCUT2D eigenvalue weighted by Gasteiger charge is -2.46. The van der Waals surface area contributed by atoms with Crippen LogP contribution >= 0.6 is 11.6 Å². The van der Waals surface area contributed by atoms with Crippen molar-refractivity contribution in [3.8, 4) is 0 Å². The Kier molecular flexibility index (Phi) is 9.03. The SMILES string of the molecule is Cc1ccc(NC(=O)OCC2(N(C=O)Cc3ccccc3Cl)CCN(C(=O)CN)CC2)cc1C(F)(F)F. The van der Waals surface area contributed by atoms with Gasteiger partial charge >= 0.3 is 12.3 Å². The second-order valence-electron chi connectivity index (χ2n) is 8.86. The van der Waals surface area contributed by atoms with Crippen LogP contribution in [-0.2, 0) is 27.0 Å². The average Bonchev–Trinajstić information content (AvgIpc) is 2.87. The number of nitrogens with two attached hydrogens (primary N) is 1. The molecule has 0 saturated carbocycles. The van der Waals surface area contributed by atoms with Crippen LogP contribution in [0.25, 0.3) is 0 Å². The Balaban J connectivity index is 1.78. The maximum Gasteiger partial charge on any atom is 0.416 e. The van der Waals surface area contributed by atoms with Gasteiger partial charge in [-0.1, -0.05) is 35.9 Å². The number of likely N-dealkylation sites (tertiary alicyclic amines) is 1. The molecule has 37 heavy (non-hydrogen) atoms. The highest BCUT2D eigenvalue weighted by molar-refractivity contribution is 6.31. The molecule has 1 heterocycles. The first-order valence-corrected chi connectivity index (χ1v) is 11.9. The summed E-state index contributed by atoms with van der Waals surface area (Å²) < 4.78 is 45.1. The topological polar surface area (TPSA) is 105 Å². The number of anilines is 1. The fraction of sp³-hybridized carbons (Fsp3) is 0.400. The van der Waals surface area contributed by atoms with E-state index in [0.717, 1.165) is 6.07 Å². The van der Waals surface area contributed by atoms with E-state index < -0.39 is 23.4 Å². The predicted molar refractivity (Wildman–Crippen MR) is 132 cm³/mol. The molecule has 2 aromatic rings. The second-order valence-corrected chi connectivity index (χ2v) is 9.27. The lowest BCUT2D eigenvalue weighted by atomic mass is 9.86. The first kappa shape index (κ1) is 28.3. The molecule has 0 radical (unpaired) electrons. The van der Waals surface area contributed by atoms with Crippen LogP contribution in [0.1, 0.15) is 29.5 Å². The van der Waals surface area contributed by atoms with E-state index in [9.17, 15) is 27.6 Å². The van der Waals surface area contributed by atoms with Gasteiger partial charge in [-0.25, -0.2) is 4.79 Å². The van der Waals surface area contributed by atoms with Gasteiger partial charge in [0.05, 0.1) is 17.6 Å². The van der Waals surface area contributed by atoms with Gasteiger partial charge in [0.25, 0.3) is 0 Å². The first-order chi connectivity index (χ1) is 17.5. The number of hydrogen-bond acceptors (Lipinski definition) is 5. The lowest BCUT2D eigenvalue weighted by molar-refractivity contribution is -0.138. The van der Waals surface area contributed by atoms with Crippen molar-refractivity contribution in [3.05, 3.63) is 64.2 Å². The van der Waals surface area contributed by atoms with E-state index in [4.69, 9.17) is 22.1 Å². The molecule has 0 aliphatic carbocycles. The molecule has 1 aliphatic rings. The molecule has 1 fully saturated rings. The summed E-state index contributed by atoms with van der Waals surface area (Å²) in [5.41, 5.74) is 4.24. The zero-order chi connectivity index (χ0) is 27.2. The third-order valence-electron chi connectivity index (χ3n) is 6.52. The van der Waals surface area contributed by atoms with E-state index in [0.29, 0.717) is 17.0 Å². The normalized spacial score (nSPS) is 15.1. The fourth-order valence-corrected chi connectivity index (χ4v) is 4.50. The van der Waals surface area contributed by atoms with E-state index in [1.807, 2.05) is 0 Å². The van der Waals surface area contributed by atoms with E-state index >= 15 is 0 Å². The number of halogens is 4. The summed E-state index contributed by atoms with van der Waals surface area (Å²) in [6.07, 6.45) is -4.33. The number of aryl methyl sites for hydroxylation is 1. The van der Waals surface area contributed by atoms with Crippen molar-refractivity contribution in [2.75, 3.05) is 31.6 Å². The van der Waals surface area contributed by atoms with Crippen molar-refractivity contribution in [1.82, 2.24) is 9.80 Å². The van der Waals surface area contributed by atoms with Crippen LogP contribution in [0.2, 0.25) is 5.02 Å². The fourth-order valence-electron chi connectivity index (χ4n) is 4.30. The van der Waals surface area contributed by atoms with Crippen LogP contribution < -0.4 is 11.1 Å². The van der Waals surface area contributed by atoms with Crippen LogP contribution in [0.15, 0.2) is 42.5 Å². The zero-order valence-corrected chi connectivity index (χ0v) is 20.9. The Labute approximate surface area is 217 Å². The van der Waals surface area contributed by atoms with Gasteiger partial charge < -0.3 is 20.3 Å². The molecule has 12 heteroatoms. The number of nitrogens with zero attached hydrogens (tertiary/aromatic N) is 2. The summed E-state index contributed by atoms with van der Waals surface area (Å²) >= 11 is 6.28. The highest BCUT2D eigenvalue weighted by Crippen LogP contribution is 2.34. The molecule has 0 bridgehead atoms. The average molecular weight is 541 g/mol. The second kappa shape index (κ2) is 11.8. The van der Waals surface area contributed by atoms with Gasteiger partial charge in [0.2, 0.25) is 12.3 Å². The smallest absolute Gasteiger partial charge is 0.416 e. The van der Waals surface area contributed by atoms with E-state index in [2.05, 4.69) is 5.32 Å². The highest BCUT2D eigenvalue weighted by atomic mass is 35.5. The number of benzene rings is 2. The largest absolute Gasteiger partial charge is 0.447 e. The Hall–Kier alpha value is -3.31. The minimum atomic E-state index is -4.58. The highest BCUT2D eigenvalue weighted by Gasteiger charge is 2.42. The summed E-state index contributed by atoms with van der Waals surface area (Å²) in [5, 5.41) is 2.78. The summed E-state index contributed by atoms with van der Waals surface area (Å²) in [6, 6.07) is 10.4. The number of piperidine rings is 1. The molecule has 8 nitrogen and oxygen atoms in total. The van der Waals surface area contributed by atoms with E-state index in [1.54, 1.807) is 29.2 Å². The maximum absolute atomic E-state index is 13.2. The molecule has 0 aromatic heterocycles. The molecule has 0 spiro atoms. The number of amides is 3. The summed E-state index contributed by atoms with van der Waals surface area (Å²) in [5.74, 6) is -0.240. The Morgan fingerprint density at radius 2 is 1.89 bits per heavy atom. The third kappa shape index (κ3) is 6.92. The molecule has 0 unspecified atom stereocenters. The summed E-state index contributed by atoms with van der Waals surface area (Å²) in [6.45, 7) is 1.61. The van der Waals surface area contributed by atoms with Gasteiger partial charge in [0.15, 0.2) is 0 Å². The number of carbonyl (C=O) groups excluding carboxylic acids is 3. The standard InChI is InChI=1S/C25H28ClF3N4O4/c1-17-6-7-19(12-20(17)25(27,28)29)31-23(36)37-15-24(8-10-32(11-9-24)22(35)13-30)33(16-34)14-18-4-2-3-5-21(18)26/h2-7,12,16H,8-11,13-15,30H2,1H3,(H,31,36). The van der Waals surface area contributed by atoms with Gasteiger partial charge in [0, 0.05) is 30.3 Å². The molecule has 3 rings (SSSR count). The van der Waals surface area contributed by atoms with Crippen LogP contribution in [-0.4, -0.2) is 60.0 Å². The van der Waals surface area contributed by atoms with Crippen molar-refractivity contribution >= 4 is 35.7 Å². The predicted octanol–water partition coefficient (Wildman–Crippen LogP) is 4.19. The van der Waals surface area contributed by atoms with Gasteiger partial charge in [-0.15, -0.1) is 0 Å². The minimum absolute atomic E-state index is 0.0188. The van der Waals surface area contributed by atoms with Crippen molar-refractivity contribution < 1.29 is 32.3 Å². The Bertz CT molecular complexity index is 1140. The van der Waals surface area contributed by atoms with Crippen molar-refractivity contribution in [3.63, 3.8) is 0 Å². The molecular formula is C25H28ClF3N4O4.